The molecule has 1 aliphatic rings. The van der Waals surface area contributed by atoms with Crippen LogP contribution in [0.25, 0.3) is 0 Å². The molecule has 2 aromatic rings. The van der Waals surface area contributed by atoms with Crippen LogP contribution in [0.2, 0.25) is 5.02 Å². The molecular formula is C19H18ClN3O6S. The summed E-state index contributed by atoms with van der Waals surface area (Å²) in [5, 5.41) is 15.1. The fraction of sp³-hybridized carbons (Fsp3) is 0.316. The third-order valence-electron chi connectivity index (χ3n) is 4.60. The van der Waals surface area contributed by atoms with E-state index in [0.717, 1.165) is 23.8 Å². The molecular weight excluding hydrogens is 434 g/mol. The number of hydrogen-bond acceptors (Lipinski definition) is 7. The van der Waals surface area contributed by atoms with E-state index in [1.165, 1.54) is 12.1 Å². The second kappa shape index (κ2) is 9.68. The Labute approximate surface area is 180 Å². The lowest BCUT2D eigenvalue weighted by Gasteiger charge is -2.23. The number of carbonyl (C=O) groups excluding carboxylic acids is 3. The molecule has 1 saturated heterocycles. The van der Waals surface area contributed by atoms with Crippen LogP contribution in [-0.2, 0) is 14.3 Å². The van der Waals surface area contributed by atoms with Crippen molar-refractivity contribution in [2.75, 3.05) is 19.7 Å². The number of ether oxygens (including phenoxy) is 1. The van der Waals surface area contributed by atoms with E-state index in [9.17, 15) is 24.5 Å². The first-order valence-electron chi connectivity index (χ1n) is 9.07. The zero-order valence-corrected chi connectivity index (χ0v) is 17.3. The summed E-state index contributed by atoms with van der Waals surface area (Å²) in [5.41, 5.74) is -0.436. The van der Waals surface area contributed by atoms with Gasteiger partial charge in [0.15, 0.2) is 6.61 Å². The molecule has 1 atom stereocenters. The van der Waals surface area contributed by atoms with Crippen LogP contribution in [0.5, 0.6) is 0 Å². The van der Waals surface area contributed by atoms with Crippen molar-refractivity contribution >= 4 is 46.4 Å². The topological polar surface area (TPSA) is 119 Å². The number of hydrogen-bond donors (Lipinski definition) is 1. The number of nitrogens with one attached hydrogen (secondary N) is 1. The number of benzene rings is 1. The second-order valence-corrected chi connectivity index (χ2v) is 7.91. The molecule has 2 heterocycles. The minimum Gasteiger partial charge on any atom is -0.454 e. The Balaban J connectivity index is 1.48. The van der Waals surface area contributed by atoms with Crippen LogP contribution in [-0.4, -0.2) is 47.3 Å². The van der Waals surface area contributed by atoms with Gasteiger partial charge >= 0.3 is 5.97 Å². The number of rotatable bonds is 7. The van der Waals surface area contributed by atoms with Crippen molar-refractivity contribution in [1.82, 2.24) is 10.2 Å². The number of thiophene rings is 1. The Bertz CT molecular complexity index is 965. The largest absolute Gasteiger partial charge is 0.454 e. The molecule has 2 amide bonds. The highest BCUT2D eigenvalue weighted by Gasteiger charge is 2.31. The summed E-state index contributed by atoms with van der Waals surface area (Å²) in [5.74, 6) is -1.78. The number of esters is 1. The molecule has 1 aliphatic heterocycles. The van der Waals surface area contributed by atoms with Gasteiger partial charge in [0.1, 0.15) is 11.6 Å². The van der Waals surface area contributed by atoms with Gasteiger partial charge < -0.3 is 15.0 Å². The molecule has 1 unspecified atom stereocenters. The van der Waals surface area contributed by atoms with Crippen molar-refractivity contribution in [3.63, 3.8) is 0 Å². The smallest absolute Gasteiger partial charge is 0.325 e. The summed E-state index contributed by atoms with van der Waals surface area (Å²) < 4.78 is 4.98. The Kier molecular flexibility index (Phi) is 7.01. The second-order valence-electron chi connectivity index (χ2n) is 6.53. The molecule has 9 nitrogen and oxygen atoms in total. The van der Waals surface area contributed by atoms with Crippen LogP contribution in [0.4, 0.5) is 5.69 Å². The van der Waals surface area contributed by atoms with Crippen LogP contribution in [0, 0.1) is 10.1 Å². The average molecular weight is 452 g/mol. The quantitative estimate of drug-likeness (QED) is 0.392. The molecule has 1 fully saturated rings. The summed E-state index contributed by atoms with van der Waals surface area (Å²) in [6.07, 6.45) is 1.75. The van der Waals surface area contributed by atoms with Crippen molar-refractivity contribution < 1.29 is 24.0 Å². The van der Waals surface area contributed by atoms with Gasteiger partial charge in [0.05, 0.1) is 11.0 Å². The highest BCUT2D eigenvalue weighted by Crippen LogP contribution is 2.34. The summed E-state index contributed by atoms with van der Waals surface area (Å²) in [6, 6.07) is 7.45. The number of halogens is 1. The highest BCUT2D eigenvalue weighted by molar-refractivity contribution is 7.10. The number of likely N-dealkylation sites (tertiary alicyclic amines) is 1. The maximum Gasteiger partial charge on any atom is 0.325 e. The van der Waals surface area contributed by atoms with E-state index in [2.05, 4.69) is 5.32 Å². The molecule has 0 spiro atoms. The minimum absolute atomic E-state index is 0.00315. The first-order valence-corrected chi connectivity index (χ1v) is 10.3. The van der Waals surface area contributed by atoms with Crippen LogP contribution < -0.4 is 5.32 Å². The summed E-state index contributed by atoms with van der Waals surface area (Å²) in [6.45, 7) is -0.287. The lowest BCUT2D eigenvalue weighted by Crippen LogP contribution is -2.36. The van der Waals surface area contributed by atoms with Crippen LogP contribution in [0.15, 0.2) is 35.7 Å². The standard InChI is InChI=1S/C19H18ClN3O6S/c20-13-6-5-12(9-15(13)23(27)28)19(26)21-10-18(25)29-11-17(24)22-7-1-3-14(22)16-4-2-8-30-16/h2,4-6,8-9,14H,1,3,7,10-11H2,(H,21,26). The molecule has 0 bridgehead atoms. The average Bonchev–Trinajstić information content (AvgIpc) is 3.41. The van der Waals surface area contributed by atoms with E-state index >= 15 is 0 Å². The normalized spacial score (nSPS) is 15.6. The monoisotopic (exact) mass is 451 g/mol. The van der Waals surface area contributed by atoms with Gasteiger partial charge in [-0.05, 0) is 36.4 Å². The lowest BCUT2D eigenvalue weighted by atomic mass is 10.2. The van der Waals surface area contributed by atoms with Crippen molar-refractivity contribution in [2.24, 2.45) is 0 Å². The van der Waals surface area contributed by atoms with E-state index < -0.39 is 35.6 Å². The summed E-state index contributed by atoms with van der Waals surface area (Å²) in [4.78, 5) is 49.4. The van der Waals surface area contributed by atoms with Gasteiger partial charge in [0.2, 0.25) is 0 Å². The first-order chi connectivity index (χ1) is 14.4. The Morgan fingerprint density at radius 2 is 2.13 bits per heavy atom. The lowest BCUT2D eigenvalue weighted by molar-refractivity contribution is -0.384. The maximum atomic E-state index is 12.4. The van der Waals surface area contributed by atoms with Crippen LogP contribution in [0.3, 0.4) is 0 Å². The third kappa shape index (κ3) is 5.14. The van der Waals surface area contributed by atoms with Gasteiger partial charge in [0.25, 0.3) is 17.5 Å². The van der Waals surface area contributed by atoms with Crippen molar-refractivity contribution in [3.05, 3.63) is 61.3 Å². The zero-order valence-electron chi connectivity index (χ0n) is 15.7. The molecule has 1 aromatic heterocycles. The van der Waals surface area contributed by atoms with Crippen molar-refractivity contribution in [1.29, 1.82) is 0 Å². The summed E-state index contributed by atoms with van der Waals surface area (Å²) in [7, 11) is 0. The third-order valence-corrected chi connectivity index (χ3v) is 5.89. The number of amides is 2. The fourth-order valence-corrected chi connectivity index (χ4v) is 4.23. The molecule has 0 aliphatic carbocycles. The van der Waals surface area contributed by atoms with Crippen molar-refractivity contribution in [3.8, 4) is 0 Å². The molecule has 158 valence electrons. The summed E-state index contributed by atoms with van der Waals surface area (Å²) >= 11 is 7.29. The maximum absolute atomic E-state index is 12.4. The van der Waals surface area contributed by atoms with Gasteiger partial charge in [-0.2, -0.15) is 0 Å². The van der Waals surface area contributed by atoms with Gasteiger partial charge in [-0.25, -0.2) is 0 Å². The molecule has 0 saturated carbocycles. The minimum atomic E-state index is -0.785. The molecule has 1 aromatic carbocycles. The van der Waals surface area contributed by atoms with Crippen molar-refractivity contribution in [2.45, 2.75) is 18.9 Å². The van der Waals surface area contributed by atoms with E-state index in [1.807, 2.05) is 17.5 Å². The number of nitro benzene ring substituents is 1. The molecule has 30 heavy (non-hydrogen) atoms. The van der Waals surface area contributed by atoms with Crippen LogP contribution in [0.1, 0.15) is 34.1 Å². The van der Waals surface area contributed by atoms with E-state index in [4.69, 9.17) is 16.3 Å². The van der Waals surface area contributed by atoms with Gasteiger partial charge in [-0.15, -0.1) is 11.3 Å². The van der Waals surface area contributed by atoms with Crippen LogP contribution >= 0.6 is 22.9 Å². The van der Waals surface area contributed by atoms with E-state index in [1.54, 1.807) is 16.2 Å². The molecule has 11 heteroatoms. The Morgan fingerprint density at radius 3 is 2.83 bits per heavy atom. The van der Waals surface area contributed by atoms with E-state index in [0.29, 0.717) is 6.54 Å². The molecule has 3 rings (SSSR count). The Morgan fingerprint density at radius 1 is 1.33 bits per heavy atom. The van der Waals surface area contributed by atoms with Gasteiger partial charge in [-0.3, -0.25) is 24.5 Å². The molecule has 0 radical (unpaired) electrons. The molecule has 1 N–H and O–H groups in total. The predicted molar refractivity (Wildman–Crippen MR) is 109 cm³/mol. The predicted octanol–water partition coefficient (Wildman–Crippen LogP) is 2.95. The SMILES string of the molecule is O=C(CNC(=O)c1ccc(Cl)c([N+](=O)[O-])c1)OCC(=O)N1CCCC1c1cccs1. The first kappa shape index (κ1) is 21.7. The van der Waals surface area contributed by atoms with Gasteiger partial charge in [-0.1, -0.05) is 17.7 Å². The van der Waals surface area contributed by atoms with E-state index in [-0.39, 0.29) is 22.5 Å². The Hall–Kier alpha value is -2.98. The highest BCUT2D eigenvalue weighted by atomic mass is 35.5. The number of nitrogens with zero attached hydrogens (tertiary/aromatic N) is 2. The van der Waals surface area contributed by atoms with Gasteiger partial charge in [0, 0.05) is 23.1 Å². The fourth-order valence-electron chi connectivity index (χ4n) is 3.17. The zero-order chi connectivity index (χ0) is 21.7. The number of nitro groups is 1. The number of carbonyl (C=O) groups is 3.